The van der Waals surface area contributed by atoms with Crippen molar-refractivity contribution >= 4 is 28.9 Å². The highest BCUT2D eigenvalue weighted by molar-refractivity contribution is 7.07. The van der Waals surface area contributed by atoms with Gasteiger partial charge in [0.05, 0.1) is 0 Å². The maximum Gasteiger partial charge on any atom is 0.223 e. The molecule has 2 aromatic heterocycles. The van der Waals surface area contributed by atoms with Crippen molar-refractivity contribution in [3.05, 3.63) is 28.5 Å². The Morgan fingerprint density at radius 1 is 1.39 bits per heavy atom. The molecule has 0 aliphatic heterocycles. The molecular formula is C12H17N5S. The molecule has 0 bridgehead atoms. The number of aromatic nitrogens is 2. The molecule has 5 nitrogen and oxygen atoms in total. The Hall–Kier alpha value is -1.82. The molecule has 4 N–H and O–H groups in total. The predicted molar refractivity (Wildman–Crippen MR) is 77.1 cm³/mol. The van der Waals surface area contributed by atoms with E-state index in [1.165, 1.54) is 5.56 Å². The molecule has 2 aromatic rings. The molecule has 0 spiro atoms. The van der Waals surface area contributed by atoms with Crippen molar-refractivity contribution in [3.8, 4) is 0 Å². The zero-order valence-corrected chi connectivity index (χ0v) is 11.3. The summed E-state index contributed by atoms with van der Waals surface area (Å²) in [5, 5.41) is 10.5. The third-order valence-corrected chi connectivity index (χ3v) is 3.25. The standard InChI is InChI=1S/C12H17N5S/c1-8(5-9-3-4-18-7-9)15-11-6-10(14-2)16-12(13)17-11/h3-4,6-8H,5H2,1-2H3,(H4,13,14,15,16,17). The van der Waals surface area contributed by atoms with Crippen molar-refractivity contribution in [1.82, 2.24) is 9.97 Å². The SMILES string of the molecule is CNc1cc(NC(C)Cc2ccsc2)nc(N)n1. The summed E-state index contributed by atoms with van der Waals surface area (Å²) in [4.78, 5) is 8.22. The molecule has 0 fully saturated rings. The van der Waals surface area contributed by atoms with Gasteiger partial charge in [-0.2, -0.15) is 21.3 Å². The lowest BCUT2D eigenvalue weighted by atomic mass is 10.1. The third kappa shape index (κ3) is 3.33. The number of hydrogen-bond donors (Lipinski definition) is 3. The fourth-order valence-electron chi connectivity index (χ4n) is 1.73. The van der Waals surface area contributed by atoms with Crippen LogP contribution in [0.2, 0.25) is 0 Å². The molecule has 0 aliphatic rings. The van der Waals surface area contributed by atoms with E-state index < -0.39 is 0 Å². The Kier molecular flexibility index (Phi) is 3.99. The molecule has 0 saturated carbocycles. The van der Waals surface area contributed by atoms with Gasteiger partial charge in [-0.1, -0.05) is 0 Å². The van der Waals surface area contributed by atoms with Crippen LogP contribution < -0.4 is 16.4 Å². The quantitative estimate of drug-likeness (QED) is 0.771. The normalized spacial score (nSPS) is 12.1. The topological polar surface area (TPSA) is 75.9 Å². The van der Waals surface area contributed by atoms with Crippen LogP contribution in [0.3, 0.4) is 0 Å². The number of nitrogen functional groups attached to an aromatic ring is 1. The smallest absolute Gasteiger partial charge is 0.223 e. The number of nitrogens with one attached hydrogen (secondary N) is 2. The van der Waals surface area contributed by atoms with Crippen molar-refractivity contribution in [1.29, 1.82) is 0 Å². The van der Waals surface area contributed by atoms with E-state index in [2.05, 4.69) is 44.4 Å². The summed E-state index contributed by atoms with van der Waals surface area (Å²) in [7, 11) is 1.81. The van der Waals surface area contributed by atoms with Crippen LogP contribution in [0.15, 0.2) is 22.9 Å². The van der Waals surface area contributed by atoms with Crippen LogP contribution in [0, 0.1) is 0 Å². The van der Waals surface area contributed by atoms with E-state index in [1.54, 1.807) is 18.4 Å². The maximum atomic E-state index is 5.65. The lowest BCUT2D eigenvalue weighted by molar-refractivity contribution is 0.786. The van der Waals surface area contributed by atoms with Crippen LogP contribution in [0.25, 0.3) is 0 Å². The molecule has 2 rings (SSSR count). The van der Waals surface area contributed by atoms with Crippen molar-refractivity contribution in [2.45, 2.75) is 19.4 Å². The molecule has 96 valence electrons. The van der Waals surface area contributed by atoms with Gasteiger partial charge < -0.3 is 16.4 Å². The Labute approximate surface area is 110 Å². The molecule has 0 aliphatic carbocycles. The third-order valence-electron chi connectivity index (χ3n) is 2.52. The second kappa shape index (κ2) is 5.68. The number of thiophene rings is 1. The van der Waals surface area contributed by atoms with Gasteiger partial charge >= 0.3 is 0 Å². The van der Waals surface area contributed by atoms with Gasteiger partial charge in [-0.3, -0.25) is 0 Å². The lowest BCUT2D eigenvalue weighted by Gasteiger charge is -2.14. The summed E-state index contributed by atoms with van der Waals surface area (Å²) in [5.41, 5.74) is 6.98. The number of rotatable bonds is 5. The second-order valence-electron chi connectivity index (χ2n) is 4.13. The van der Waals surface area contributed by atoms with E-state index in [-0.39, 0.29) is 5.95 Å². The van der Waals surface area contributed by atoms with Crippen molar-refractivity contribution in [3.63, 3.8) is 0 Å². The van der Waals surface area contributed by atoms with E-state index in [0.717, 1.165) is 12.2 Å². The average Bonchev–Trinajstić information content (AvgIpc) is 2.80. The summed E-state index contributed by atoms with van der Waals surface area (Å²) < 4.78 is 0. The molecule has 0 radical (unpaired) electrons. The highest BCUT2D eigenvalue weighted by Crippen LogP contribution is 2.15. The van der Waals surface area contributed by atoms with Crippen molar-refractivity contribution in [2.24, 2.45) is 0 Å². The molecule has 2 heterocycles. The zero-order valence-electron chi connectivity index (χ0n) is 10.5. The van der Waals surface area contributed by atoms with Crippen LogP contribution in [-0.4, -0.2) is 23.1 Å². The van der Waals surface area contributed by atoms with Gasteiger partial charge in [0, 0.05) is 19.2 Å². The number of hydrogen-bond acceptors (Lipinski definition) is 6. The maximum absolute atomic E-state index is 5.65. The van der Waals surface area contributed by atoms with Crippen LogP contribution in [0.5, 0.6) is 0 Å². The first-order valence-corrected chi connectivity index (χ1v) is 6.71. The molecular weight excluding hydrogens is 246 g/mol. The minimum atomic E-state index is 0.270. The zero-order chi connectivity index (χ0) is 13.0. The van der Waals surface area contributed by atoms with Crippen molar-refractivity contribution in [2.75, 3.05) is 23.4 Å². The van der Waals surface area contributed by atoms with Crippen LogP contribution >= 0.6 is 11.3 Å². The van der Waals surface area contributed by atoms with E-state index in [4.69, 9.17) is 5.73 Å². The van der Waals surface area contributed by atoms with Gasteiger partial charge in [-0.25, -0.2) is 0 Å². The fraction of sp³-hybridized carbons (Fsp3) is 0.333. The second-order valence-corrected chi connectivity index (χ2v) is 4.91. The van der Waals surface area contributed by atoms with Gasteiger partial charge in [0.1, 0.15) is 11.6 Å². The predicted octanol–water partition coefficient (Wildman–Crippen LogP) is 2.21. The lowest BCUT2D eigenvalue weighted by Crippen LogP contribution is -2.19. The first kappa shape index (κ1) is 12.6. The molecule has 0 amide bonds. The van der Waals surface area contributed by atoms with E-state index in [1.807, 2.05) is 6.07 Å². The highest BCUT2D eigenvalue weighted by atomic mass is 32.1. The summed E-state index contributed by atoms with van der Waals surface area (Å²) in [6.45, 7) is 2.12. The molecule has 1 atom stereocenters. The van der Waals surface area contributed by atoms with Crippen LogP contribution in [0.1, 0.15) is 12.5 Å². The number of nitrogens with two attached hydrogens (primary N) is 1. The fourth-order valence-corrected chi connectivity index (χ4v) is 2.42. The highest BCUT2D eigenvalue weighted by Gasteiger charge is 2.07. The minimum absolute atomic E-state index is 0.270. The van der Waals surface area contributed by atoms with Gasteiger partial charge in [-0.15, -0.1) is 0 Å². The largest absolute Gasteiger partial charge is 0.373 e. The monoisotopic (exact) mass is 263 g/mol. The molecule has 0 aromatic carbocycles. The van der Waals surface area contributed by atoms with E-state index in [0.29, 0.717) is 11.9 Å². The summed E-state index contributed by atoms with van der Waals surface area (Å²) in [6.07, 6.45) is 0.961. The first-order chi connectivity index (χ1) is 8.67. The summed E-state index contributed by atoms with van der Waals surface area (Å²) >= 11 is 1.71. The summed E-state index contributed by atoms with van der Waals surface area (Å²) in [6, 6.07) is 4.27. The van der Waals surface area contributed by atoms with Gasteiger partial charge in [0.25, 0.3) is 0 Å². The van der Waals surface area contributed by atoms with Gasteiger partial charge in [0.15, 0.2) is 0 Å². The van der Waals surface area contributed by atoms with Crippen LogP contribution in [0.4, 0.5) is 17.6 Å². The molecule has 1 unspecified atom stereocenters. The van der Waals surface area contributed by atoms with Gasteiger partial charge in [-0.05, 0) is 35.7 Å². The van der Waals surface area contributed by atoms with Crippen LogP contribution in [-0.2, 0) is 6.42 Å². The Bertz CT molecular complexity index is 497. The molecule has 0 saturated heterocycles. The minimum Gasteiger partial charge on any atom is -0.373 e. The van der Waals surface area contributed by atoms with Gasteiger partial charge in [0.2, 0.25) is 5.95 Å². The molecule has 18 heavy (non-hydrogen) atoms. The van der Waals surface area contributed by atoms with E-state index in [9.17, 15) is 0 Å². The Morgan fingerprint density at radius 2 is 2.17 bits per heavy atom. The van der Waals surface area contributed by atoms with Crippen molar-refractivity contribution < 1.29 is 0 Å². The average molecular weight is 263 g/mol. The Morgan fingerprint density at radius 3 is 2.83 bits per heavy atom. The summed E-state index contributed by atoms with van der Waals surface area (Å²) in [5.74, 6) is 1.73. The number of nitrogens with zero attached hydrogens (tertiary/aromatic N) is 2. The van der Waals surface area contributed by atoms with E-state index >= 15 is 0 Å². The Balaban J connectivity index is 2.02. The molecule has 6 heteroatoms. The number of anilines is 3. The first-order valence-electron chi connectivity index (χ1n) is 5.77.